The van der Waals surface area contributed by atoms with Crippen LogP contribution in [-0.4, -0.2) is 27.0 Å². The van der Waals surface area contributed by atoms with E-state index in [1.54, 1.807) is 10.9 Å². The van der Waals surface area contributed by atoms with Crippen molar-refractivity contribution < 1.29 is 13.2 Å². The molecule has 6 nitrogen and oxygen atoms in total. The van der Waals surface area contributed by atoms with E-state index in [0.29, 0.717) is 11.4 Å². The molecule has 0 radical (unpaired) electrons. The van der Waals surface area contributed by atoms with Gasteiger partial charge in [-0.1, -0.05) is 23.4 Å². The fourth-order valence-electron chi connectivity index (χ4n) is 3.02. The van der Waals surface area contributed by atoms with Gasteiger partial charge in [-0.15, -0.1) is 5.10 Å². The number of pyridine rings is 1. The van der Waals surface area contributed by atoms with Crippen LogP contribution in [0.2, 0.25) is 0 Å². The summed E-state index contributed by atoms with van der Waals surface area (Å²) in [6.45, 7) is 0.232. The first-order valence-corrected chi connectivity index (χ1v) is 9.48. The van der Waals surface area contributed by atoms with Crippen LogP contribution in [0.5, 0.6) is 0 Å². The van der Waals surface area contributed by atoms with Gasteiger partial charge in [0.2, 0.25) is 0 Å². The lowest BCUT2D eigenvalue weighted by molar-refractivity contribution is -0.141. The zero-order valence-electron chi connectivity index (χ0n) is 16.6. The molecule has 0 amide bonds. The molecule has 0 saturated heterocycles. The molecule has 1 N–H and O–H groups in total. The van der Waals surface area contributed by atoms with Crippen molar-refractivity contribution in [2.24, 2.45) is 0 Å². The Bertz CT molecular complexity index is 1140. The minimum absolute atomic E-state index is 0.232. The lowest BCUT2D eigenvalue weighted by atomic mass is 10.2. The number of alkyl halides is 3. The van der Waals surface area contributed by atoms with Crippen molar-refractivity contribution in [1.29, 1.82) is 0 Å². The third kappa shape index (κ3) is 4.82. The summed E-state index contributed by atoms with van der Waals surface area (Å²) < 4.78 is 40.0. The Morgan fingerprint density at radius 1 is 0.968 bits per heavy atom. The Kier molecular flexibility index (Phi) is 5.57. The average molecular weight is 424 g/mol. The third-order valence-electron chi connectivity index (χ3n) is 4.71. The smallest absolute Gasteiger partial charge is 0.379 e. The molecule has 0 aliphatic rings. The average Bonchev–Trinajstić information content (AvgIpc) is 3.27. The molecule has 2 heterocycles. The second-order valence-electron chi connectivity index (χ2n) is 6.85. The van der Waals surface area contributed by atoms with Gasteiger partial charge in [-0.3, -0.25) is 4.98 Å². The van der Waals surface area contributed by atoms with Crippen LogP contribution in [0.1, 0.15) is 11.4 Å². The van der Waals surface area contributed by atoms with Crippen LogP contribution in [0.3, 0.4) is 0 Å². The maximum Gasteiger partial charge on any atom is 0.433 e. The Labute approximate surface area is 177 Å². The van der Waals surface area contributed by atoms with Gasteiger partial charge in [0.25, 0.3) is 0 Å². The van der Waals surface area contributed by atoms with Gasteiger partial charge in [-0.05, 0) is 48.5 Å². The molecule has 4 aromatic rings. The van der Waals surface area contributed by atoms with Crippen molar-refractivity contribution in [1.82, 2.24) is 20.0 Å². The van der Waals surface area contributed by atoms with Crippen LogP contribution < -0.4 is 10.2 Å². The molecule has 4 rings (SSSR count). The van der Waals surface area contributed by atoms with Gasteiger partial charge in [-0.25, -0.2) is 4.68 Å². The number of aromatic nitrogens is 4. The molecule has 0 atom stereocenters. The van der Waals surface area contributed by atoms with Gasteiger partial charge in [0.15, 0.2) is 0 Å². The second kappa shape index (κ2) is 8.47. The Hall–Kier alpha value is -3.88. The fourth-order valence-corrected chi connectivity index (χ4v) is 3.02. The highest BCUT2D eigenvalue weighted by atomic mass is 19.4. The summed E-state index contributed by atoms with van der Waals surface area (Å²) in [5, 5.41) is 11.1. The van der Waals surface area contributed by atoms with E-state index < -0.39 is 11.9 Å². The minimum Gasteiger partial charge on any atom is -0.379 e. The maximum absolute atomic E-state index is 12.8. The highest BCUT2D eigenvalue weighted by Crippen LogP contribution is 2.29. The van der Waals surface area contributed by atoms with E-state index in [2.05, 4.69) is 25.5 Å². The van der Waals surface area contributed by atoms with Crippen LogP contribution in [-0.2, 0) is 12.7 Å². The van der Waals surface area contributed by atoms with Crippen molar-refractivity contribution in [2.75, 3.05) is 17.3 Å². The van der Waals surface area contributed by atoms with E-state index in [4.69, 9.17) is 0 Å². The summed E-state index contributed by atoms with van der Waals surface area (Å²) in [4.78, 5) is 5.42. The number of hydrogen-bond donors (Lipinski definition) is 1. The minimum atomic E-state index is -4.48. The molecular formula is C22H19F3N6. The Balaban J connectivity index is 1.42. The first kappa shape index (κ1) is 20.4. The summed E-state index contributed by atoms with van der Waals surface area (Å²) in [6.07, 6.45) is -1.63. The first-order valence-electron chi connectivity index (χ1n) is 9.48. The van der Waals surface area contributed by atoms with E-state index in [9.17, 15) is 13.2 Å². The van der Waals surface area contributed by atoms with Gasteiger partial charge in [0.05, 0.1) is 18.4 Å². The van der Waals surface area contributed by atoms with Crippen LogP contribution in [0.25, 0.3) is 5.69 Å². The van der Waals surface area contributed by atoms with Gasteiger partial charge in [-0.2, -0.15) is 13.2 Å². The Morgan fingerprint density at radius 2 is 1.68 bits per heavy atom. The molecule has 0 unspecified atom stereocenters. The normalized spacial score (nSPS) is 11.4. The molecular weight excluding hydrogens is 405 g/mol. The van der Waals surface area contributed by atoms with Gasteiger partial charge < -0.3 is 10.2 Å². The molecule has 2 aromatic carbocycles. The second-order valence-corrected chi connectivity index (χ2v) is 6.85. The number of halogens is 3. The molecule has 0 saturated carbocycles. The lowest BCUT2D eigenvalue weighted by Crippen LogP contribution is -2.09. The standard InChI is InChI=1S/C22H19F3N6/c1-30(18-5-3-2-4-6-18)19-7-9-20(10-8-19)31-15-17(28-29-31)14-27-16-11-12-26-21(13-16)22(23,24)25/h2-13,15H,14H2,1H3,(H,26,27). The van der Waals surface area contributed by atoms with Crippen LogP contribution in [0.15, 0.2) is 79.1 Å². The molecule has 0 bridgehead atoms. The van der Waals surface area contributed by atoms with Crippen molar-refractivity contribution >= 4 is 17.1 Å². The maximum atomic E-state index is 12.8. The molecule has 9 heteroatoms. The molecule has 2 aromatic heterocycles. The van der Waals surface area contributed by atoms with Crippen molar-refractivity contribution in [3.8, 4) is 5.69 Å². The van der Waals surface area contributed by atoms with E-state index in [0.717, 1.165) is 29.3 Å². The summed E-state index contributed by atoms with van der Waals surface area (Å²) >= 11 is 0. The summed E-state index contributed by atoms with van der Waals surface area (Å²) in [5.41, 5.74) is 2.89. The molecule has 158 valence electrons. The Morgan fingerprint density at radius 3 is 2.39 bits per heavy atom. The largest absolute Gasteiger partial charge is 0.433 e. The highest BCUT2D eigenvalue weighted by Gasteiger charge is 2.32. The zero-order chi connectivity index (χ0) is 21.8. The fraction of sp³-hybridized carbons (Fsp3) is 0.136. The van der Waals surface area contributed by atoms with Crippen LogP contribution >= 0.6 is 0 Å². The number of hydrogen-bond acceptors (Lipinski definition) is 5. The summed E-state index contributed by atoms with van der Waals surface area (Å²) in [7, 11) is 1.99. The topological polar surface area (TPSA) is 58.9 Å². The number of anilines is 3. The number of para-hydroxylation sites is 1. The summed E-state index contributed by atoms with van der Waals surface area (Å²) in [5.74, 6) is 0. The predicted octanol–water partition coefficient (Wildman–Crippen LogP) is 5.06. The predicted molar refractivity (Wildman–Crippen MR) is 112 cm³/mol. The first-order chi connectivity index (χ1) is 14.9. The number of nitrogens with zero attached hydrogens (tertiary/aromatic N) is 5. The van der Waals surface area contributed by atoms with Gasteiger partial charge >= 0.3 is 6.18 Å². The monoisotopic (exact) mass is 424 g/mol. The van der Waals surface area contributed by atoms with Gasteiger partial charge in [0, 0.05) is 30.3 Å². The molecule has 0 fully saturated rings. The molecule has 0 aliphatic heterocycles. The molecule has 31 heavy (non-hydrogen) atoms. The third-order valence-corrected chi connectivity index (χ3v) is 4.71. The van der Waals surface area contributed by atoms with Crippen molar-refractivity contribution in [3.05, 3.63) is 90.5 Å². The van der Waals surface area contributed by atoms with Crippen molar-refractivity contribution in [3.63, 3.8) is 0 Å². The van der Waals surface area contributed by atoms with Crippen LogP contribution in [0.4, 0.5) is 30.2 Å². The van der Waals surface area contributed by atoms with Crippen molar-refractivity contribution in [2.45, 2.75) is 12.7 Å². The van der Waals surface area contributed by atoms with Crippen LogP contribution in [0, 0.1) is 0 Å². The van der Waals surface area contributed by atoms with E-state index in [1.807, 2.05) is 61.6 Å². The van der Waals surface area contributed by atoms with E-state index in [1.165, 1.54) is 6.07 Å². The SMILES string of the molecule is CN(c1ccccc1)c1ccc(-n2cc(CNc3ccnc(C(F)(F)F)c3)nn2)cc1. The van der Waals surface area contributed by atoms with E-state index >= 15 is 0 Å². The number of nitrogens with one attached hydrogen (secondary N) is 1. The molecule has 0 spiro atoms. The number of benzene rings is 2. The highest BCUT2D eigenvalue weighted by molar-refractivity contribution is 5.63. The lowest BCUT2D eigenvalue weighted by Gasteiger charge is -2.19. The number of rotatable bonds is 6. The zero-order valence-corrected chi connectivity index (χ0v) is 16.6. The van der Waals surface area contributed by atoms with Gasteiger partial charge in [0.1, 0.15) is 11.4 Å². The summed E-state index contributed by atoms with van der Waals surface area (Å²) in [6, 6.07) is 20.3. The quantitative estimate of drug-likeness (QED) is 0.469. The van der Waals surface area contributed by atoms with E-state index in [-0.39, 0.29) is 6.54 Å². The molecule has 0 aliphatic carbocycles.